The van der Waals surface area contributed by atoms with Crippen molar-refractivity contribution in [2.75, 3.05) is 7.05 Å². The monoisotopic (exact) mass is 278 g/mol. The van der Waals surface area contributed by atoms with Crippen molar-refractivity contribution in [1.29, 1.82) is 0 Å². The molecule has 1 aromatic carbocycles. The molecule has 110 valence electrons. The molecule has 2 amide bonds. The average Bonchev–Trinajstić information content (AvgIpc) is 2.46. The summed E-state index contributed by atoms with van der Waals surface area (Å²) in [4.78, 5) is 25.0. The van der Waals surface area contributed by atoms with Gasteiger partial charge >= 0.3 is 12.0 Å². The van der Waals surface area contributed by atoms with Crippen molar-refractivity contribution in [2.24, 2.45) is 0 Å². The molecule has 0 aromatic heterocycles. The van der Waals surface area contributed by atoms with Gasteiger partial charge in [-0.15, -0.1) is 0 Å². The molecule has 1 aromatic rings. The van der Waals surface area contributed by atoms with E-state index in [0.717, 1.165) is 12.8 Å². The molecule has 0 heterocycles. The molecule has 1 atom stereocenters. The Bertz CT molecular complexity index is 444. The highest BCUT2D eigenvalue weighted by molar-refractivity contribution is 5.83. The Kier molecular flexibility index (Phi) is 6.03. The zero-order chi connectivity index (χ0) is 15.1. The predicted molar refractivity (Wildman–Crippen MR) is 77.5 cm³/mol. The molecule has 0 saturated heterocycles. The van der Waals surface area contributed by atoms with E-state index in [1.807, 2.05) is 13.8 Å². The minimum Gasteiger partial charge on any atom is -0.479 e. The van der Waals surface area contributed by atoms with Gasteiger partial charge in [0.25, 0.3) is 0 Å². The maximum absolute atomic E-state index is 12.1. The number of rotatable bonds is 6. The van der Waals surface area contributed by atoms with Crippen LogP contribution in [0.4, 0.5) is 4.79 Å². The highest BCUT2D eigenvalue weighted by Crippen LogP contribution is 2.14. The molecule has 20 heavy (non-hydrogen) atoms. The van der Waals surface area contributed by atoms with E-state index in [1.54, 1.807) is 42.3 Å². The highest BCUT2D eigenvalue weighted by Gasteiger charge is 2.25. The van der Waals surface area contributed by atoms with Gasteiger partial charge in [-0.1, -0.05) is 44.2 Å². The number of hydrogen-bond acceptors (Lipinski definition) is 2. The minimum atomic E-state index is -1.07. The third kappa shape index (κ3) is 3.98. The fourth-order valence-corrected chi connectivity index (χ4v) is 2.16. The second-order valence-electron chi connectivity index (χ2n) is 4.71. The molecule has 0 radical (unpaired) electrons. The first kappa shape index (κ1) is 16.0. The van der Waals surface area contributed by atoms with Crippen LogP contribution in [-0.2, 0) is 4.79 Å². The predicted octanol–water partition coefficient (Wildman–Crippen LogP) is 2.64. The van der Waals surface area contributed by atoms with Crippen LogP contribution in [0.5, 0.6) is 0 Å². The number of nitrogens with one attached hydrogen (secondary N) is 1. The number of nitrogens with zero attached hydrogens (tertiary/aromatic N) is 1. The van der Waals surface area contributed by atoms with Crippen molar-refractivity contribution < 1.29 is 14.7 Å². The zero-order valence-electron chi connectivity index (χ0n) is 12.2. The van der Waals surface area contributed by atoms with Crippen LogP contribution in [0.1, 0.15) is 38.3 Å². The Morgan fingerprint density at radius 3 is 2.20 bits per heavy atom. The van der Waals surface area contributed by atoms with Crippen molar-refractivity contribution in [3.05, 3.63) is 35.9 Å². The van der Waals surface area contributed by atoms with Gasteiger partial charge in [-0.05, 0) is 18.4 Å². The van der Waals surface area contributed by atoms with Crippen LogP contribution in [0.2, 0.25) is 0 Å². The number of amides is 2. The van der Waals surface area contributed by atoms with Crippen LogP contribution in [0, 0.1) is 0 Å². The minimum absolute atomic E-state index is 0.111. The van der Waals surface area contributed by atoms with Crippen LogP contribution in [0.15, 0.2) is 30.3 Å². The summed E-state index contributed by atoms with van der Waals surface area (Å²) in [6.07, 6.45) is 1.67. The summed E-state index contributed by atoms with van der Waals surface area (Å²) in [5, 5.41) is 11.8. The van der Waals surface area contributed by atoms with E-state index >= 15 is 0 Å². The van der Waals surface area contributed by atoms with Crippen molar-refractivity contribution in [3.63, 3.8) is 0 Å². The summed E-state index contributed by atoms with van der Waals surface area (Å²) in [5.74, 6) is -1.07. The molecule has 2 N–H and O–H groups in total. The molecule has 0 aliphatic heterocycles. The van der Waals surface area contributed by atoms with Gasteiger partial charge in [0.2, 0.25) is 0 Å². The number of carbonyl (C=O) groups is 2. The largest absolute Gasteiger partial charge is 0.479 e. The van der Waals surface area contributed by atoms with Gasteiger partial charge in [0.05, 0.1) is 0 Å². The maximum Gasteiger partial charge on any atom is 0.330 e. The van der Waals surface area contributed by atoms with Crippen LogP contribution in [0.25, 0.3) is 0 Å². The summed E-state index contributed by atoms with van der Waals surface area (Å²) >= 11 is 0. The Labute approximate surface area is 119 Å². The Morgan fingerprint density at radius 1 is 1.20 bits per heavy atom. The molecule has 1 rings (SSSR count). The molecule has 1 unspecified atom stereocenters. The van der Waals surface area contributed by atoms with E-state index in [4.69, 9.17) is 0 Å². The third-order valence-electron chi connectivity index (χ3n) is 3.46. The van der Waals surface area contributed by atoms with E-state index in [9.17, 15) is 14.7 Å². The molecule has 0 bridgehead atoms. The van der Waals surface area contributed by atoms with Gasteiger partial charge < -0.3 is 15.3 Å². The second-order valence-corrected chi connectivity index (χ2v) is 4.71. The van der Waals surface area contributed by atoms with Gasteiger partial charge in [0.1, 0.15) is 0 Å². The standard InChI is InChI=1S/C15H22N2O3/c1-4-12(5-2)17(3)15(20)16-13(14(18)19)11-9-7-6-8-10-11/h6-10,12-13H,4-5H2,1-3H3,(H,16,20)(H,18,19). The van der Waals surface area contributed by atoms with E-state index in [0.29, 0.717) is 5.56 Å². The smallest absolute Gasteiger partial charge is 0.330 e. The highest BCUT2D eigenvalue weighted by atomic mass is 16.4. The van der Waals surface area contributed by atoms with Crippen LogP contribution in [-0.4, -0.2) is 35.1 Å². The molecule has 0 aliphatic rings. The van der Waals surface area contributed by atoms with Crippen molar-refractivity contribution in [3.8, 4) is 0 Å². The lowest BCUT2D eigenvalue weighted by Crippen LogP contribution is -2.46. The lowest BCUT2D eigenvalue weighted by molar-refractivity contribution is -0.139. The van der Waals surface area contributed by atoms with Crippen molar-refractivity contribution >= 4 is 12.0 Å². The van der Waals surface area contributed by atoms with E-state index in [2.05, 4.69) is 5.32 Å². The van der Waals surface area contributed by atoms with E-state index in [-0.39, 0.29) is 12.1 Å². The first-order chi connectivity index (χ1) is 9.51. The average molecular weight is 278 g/mol. The van der Waals surface area contributed by atoms with Gasteiger partial charge in [0.15, 0.2) is 6.04 Å². The fraction of sp³-hybridized carbons (Fsp3) is 0.467. The number of carboxylic acid groups (broad SMARTS) is 1. The van der Waals surface area contributed by atoms with Gasteiger partial charge in [-0.25, -0.2) is 9.59 Å². The van der Waals surface area contributed by atoms with Gasteiger partial charge in [-0.3, -0.25) is 0 Å². The normalized spacial score (nSPS) is 12.0. The number of hydrogen-bond donors (Lipinski definition) is 2. The summed E-state index contributed by atoms with van der Waals surface area (Å²) in [6, 6.07) is 7.41. The molecule has 0 aliphatic carbocycles. The second kappa shape index (κ2) is 7.53. The van der Waals surface area contributed by atoms with Gasteiger partial charge in [0, 0.05) is 13.1 Å². The van der Waals surface area contributed by atoms with Crippen molar-refractivity contribution in [1.82, 2.24) is 10.2 Å². The lowest BCUT2D eigenvalue weighted by Gasteiger charge is -2.28. The SMILES string of the molecule is CCC(CC)N(C)C(=O)NC(C(=O)O)c1ccccc1. The topological polar surface area (TPSA) is 69.6 Å². The number of benzene rings is 1. The molecule has 0 spiro atoms. The summed E-state index contributed by atoms with van der Waals surface area (Å²) < 4.78 is 0. The molecular weight excluding hydrogens is 256 g/mol. The lowest BCUT2D eigenvalue weighted by atomic mass is 10.1. The summed E-state index contributed by atoms with van der Waals surface area (Å²) in [6.45, 7) is 4.01. The molecule has 5 nitrogen and oxygen atoms in total. The number of carbonyl (C=O) groups excluding carboxylic acids is 1. The van der Waals surface area contributed by atoms with Crippen LogP contribution in [0.3, 0.4) is 0 Å². The molecular formula is C15H22N2O3. The first-order valence-electron chi connectivity index (χ1n) is 6.82. The summed E-state index contributed by atoms with van der Waals surface area (Å²) in [5.41, 5.74) is 0.561. The van der Waals surface area contributed by atoms with Crippen LogP contribution < -0.4 is 5.32 Å². The number of carboxylic acids is 1. The third-order valence-corrected chi connectivity index (χ3v) is 3.46. The first-order valence-corrected chi connectivity index (χ1v) is 6.82. The Balaban J connectivity index is 2.82. The number of aliphatic carboxylic acids is 1. The molecule has 0 fully saturated rings. The zero-order valence-corrected chi connectivity index (χ0v) is 12.2. The maximum atomic E-state index is 12.1. The summed E-state index contributed by atoms with van der Waals surface area (Å²) in [7, 11) is 1.69. The molecule has 0 saturated carbocycles. The Hall–Kier alpha value is -2.04. The van der Waals surface area contributed by atoms with Crippen molar-refractivity contribution in [2.45, 2.75) is 38.8 Å². The fourth-order valence-electron chi connectivity index (χ4n) is 2.16. The number of urea groups is 1. The van der Waals surface area contributed by atoms with Gasteiger partial charge in [-0.2, -0.15) is 0 Å². The van der Waals surface area contributed by atoms with E-state index < -0.39 is 12.0 Å². The van der Waals surface area contributed by atoms with E-state index in [1.165, 1.54) is 0 Å². The van der Waals surface area contributed by atoms with Crippen LogP contribution >= 0.6 is 0 Å². The quantitative estimate of drug-likeness (QED) is 0.840. The molecule has 5 heteroatoms. The Morgan fingerprint density at radius 2 is 1.75 bits per heavy atom.